The van der Waals surface area contributed by atoms with Crippen LogP contribution in [0.1, 0.15) is 34.3 Å². The van der Waals surface area contributed by atoms with Crippen molar-refractivity contribution >= 4 is 48.5 Å². The highest BCUT2D eigenvalue weighted by Gasteiger charge is 2.26. The molecule has 1 aliphatic heterocycles. The Hall–Kier alpha value is -3.15. The molecule has 0 saturated carbocycles. The van der Waals surface area contributed by atoms with Crippen molar-refractivity contribution in [1.82, 2.24) is 15.5 Å². The minimum atomic E-state index is -0.860. The van der Waals surface area contributed by atoms with Gasteiger partial charge in [0.2, 0.25) is 5.91 Å². The minimum Gasteiger partial charge on any atom is -0.508 e. The molecule has 0 aliphatic carbocycles. The monoisotopic (exact) mass is 593 g/mol. The number of piperazine rings is 1. The van der Waals surface area contributed by atoms with Crippen LogP contribution in [0.2, 0.25) is 0 Å². The fraction of sp³-hybridized carbons (Fsp3) is 0.393. The molecule has 0 aromatic heterocycles. The number of hydrogen-bond donors (Lipinski definition) is 6. The zero-order valence-electron chi connectivity index (χ0n) is 22.5. The summed E-state index contributed by atoms with van der Waals surface area (Å²) in [6.07, 6.45) is 5.16. The van der Waals surface area contributed by atoms with E-state index in [1.54, 1.807) is 30.3 Å². The number of benzene rings is 2. The lowest BCUT2D eigenvalue weighted by Crippen LogP contribution is -2.49. The van der Waals surface area contributed by atoms with Crippen LogP contribution in [0.4, 0.5) is 0 Å². The summed E-state index contributed by atoms with van der Waals surface area (Å²) in [6.45, 7) is 5.05. The van der Waals surface area contributed by atoms with Gasteiger partial charge in [0.1, 0.15) is 5.75 Å². The predicted octanol–water partition coefficient (Wildman–Crippen LogP) is 1.45. The Bertz CT molecular complexity index is 1120. The number of amides is 1. The molecule has 12 heteroatoms. The van der Waals surface area contributed by atoms with Gasteiger partial charge in [-0.1, -0.05) is 48.6 Å². The van der Waals surface area contributed by atoms with Crippen molar-refractivity contribution in [1.29, 1.82) is 0 Å². The van der Waals surface area contributed by atoms with Crippen LogP contribution in [-0.2, 0) is 11.2 Å². The zero-order chi connectivity index (χ0) is 27.3. The average molecular weight is 595 g/mol. The molecule has 220 valence electrons. The van der Waals surface area contributed by atoms with Crippen molar-refractivity contribution in [2.24, 2.45) is 22.2 Å². The Balaban J connectivity index is 0.00000400. The number of hydrogen-bond acceptors (Lipinski definition) is 7. The first-order valence-electron chi connectivity index (χ1n) is 13.0. The highest BCUT2D eigenvalue weighted by atomic mass is 35.5. The second-order valence-electron chi connectivity index (χ2n) is 9.39. The van der Waals surface area contributed by atoms with Crippen molar-refractivity contribution in [2.75, 3.05) is 39.3 Å². The maximum absolute atomic E-state index is 13.7. The predicted molar refractivity (Wildman–Crippen MR) is 165 cm³/mol. The van der Waals surface area contributed by atoms with E-state index >= 15 is 0 Å². The van der Waals surface area contributed by atoms with Crippen molar-refractivity contribution in [3.8, 4) is 5.75 Å². The number of ketones is 1. The number of phenols is 1. The second-order valence-corrected chi connectivity index (χ2v) is 9.39. The lowest BCUT2D eigenvalue weighted by Gasteiger charge is -2.25. The lowest BCUT2D eigenvalue weighted by atomic mass is 9.95. The number of guanidine groups is 1. The Morgan fingerprint density at radius 3 is 2.42 bits per heavy atom. The number of phenolic OH excluding ortho intramolecular Hbond substituents is 1. The smallest absolute Gasteiger partial charge is 0.237 e. The molecule has 10 nitrogen and oxygen atoms in total. The third-order valence-corrected chi connectivity index (χ3v) is 6.40. The van der Waals surface area contributed by atoms with E-state index in [4.69, 9.17) is 17.2 Å². The summed E-state index contributed by atoms with van der Waals surface area (Å²) >= 11 is 0. The van der Waals surface area contributed by atoms with Gasteiger partial charge in [0.25, 0.3) is 0 Å². The van der Waals surface area contributed by atoms with Gasteiger partial charge < -0.3 is 32.9 Å². The van der Waals surface area contributed by atoms with Gasteiger partial charge in [0, 0.05) is 44.8 Å². The molecule has 1 saturated heterocycles. The first kappa shape index (κ1) is 34.9. The quantitative estimate of drug-likeness (QED) is 0.0875. The Morgan fingerprint density at radius 1 is 1.07 bits per heavy atom. The molecular formula is C28H41Cl2N7O3. The van der Waals surface area contributed by atoms with Crippen LogP contribution in [0.15, 0.2) is 59.6 Å². The van der Waals surface area contributed by atoms with E-state index in [-0.39, 0.29) is 48.7 Å². The molecule has 40 heavy (non-hydrogen) atoms. The molecule has 2 aromatic carbocycles. The normalized spacial score (nSPS) is 14.8. The van der Waals surface area contributed by atoms with Crippen LogP contribution >= 0.6 is 24.8 Å². The highest BCUT2D eigenvalue weighted by Crippen LogP contribution is 2.17. The zero-order valence-corrected chi connectivity index (χ0v) is 24.1. The van der Waals surface area contributed by atoms with Gasteiger partial charge in [-0.15, -0.1) is 24.8 Å². The lowest BCUT2D eigenvalue weighted by molar-refractivity contribution is -0.122. The van der Waals surface area contributed by atoms with Crippen molar-refractivity contribution in [2.45, 2.75) is 31.3 Å². The van der Waals surface area contributed by atoms with E-state index in [1.807, 2.05) is 24.3 Å². The number of aliphatic imine (C=N–C) groups is 1. The average Bonchev–Trinajstić information content (AvgIpc) is 2.92. The third-order valence-electron chi connectivity index (χ3n) is 6.40. The van der Waals surface area contributed by atoms with Crippen LogP contribution in [0.25, 0.3) is 6.08 Å². The number of nitrogens with zero attached hydrogens (tertiary/aromatic N) is 2. The van der Waals surface area contributed by atoms with Gasteiger partial charge >= 0.3 is 0 Å². The highest BCUT2D eigenvalue weighted by molar-refractivity contribution is 6.04. The summed E-state index contributed by atoms with van der Waals surface area (Å²) < 4.78 is 0. The molecule has 1 aliphatic rings. The number of rotatable bonds is 13. The van der Waals surface area contributed by atoms with Crippen molar-refractivity contribution in [3.05, 3.63) is 71.3 Å². The van der Waals surface area contributed by atoms with E-state index in [2.05, 4.69) is 26.6 Å². The molecule has 0 spiro atoms. The number of halogens is 2. The molecular weight excluding hydrogens is 553 g/mol. The van der Waals surface area contributed by atoms with Crippen LogP contribution < -0.4 is 27.8 Å². The fourth-order valence-corrected chi connectivity index (χ4v) is 4.31. The van der Waals surface area contributed by atoms with Gasteiger partial charge in [0.15, 0.2) is 11.7 Å². The van der Waals surface area contributed by atoms with Gasteiger partial charge in [0.05, 0.1) is 12.1 Å². The van der Waals surface area contributed by atoms with Gasteiger partial charge in [-0.3, -0.25) is 19.5 Å². The SMILES string of the molecule is Cl.Cl.NC(N)=NCCC[C@@H](NC(=O)C(N)Cc1ccc(O)cc1)C(=O)c1ccccc1/C=C/CN1CCNCC1. The Labute approximate surface area is 248 Å². The molecule has 1 fully saturated rings. The topological polar surface area (TPSA) is 172 Å². The van der Waals surface area contributed by atoms with E-state index in [1.165, 1.54) is 0 Å². The maximum Gasteiger partial charge on any atom is 0.237 e. The van der Waals surface area contributed by atoms with E-state index < -0.39 is 18.0 Å². The van der Waals surface area contributed by atoms with Crippen LogP contribution in [-0.4, -0.2) is 79.0 Å². The summed E-state index contributed by atoms with van der Waals surface area (Å²) in [4.78, 5) is 33.0. The minimum absolute atomic E-state index is 0. The third kappa shape index (κ3) is 11.5. The summed E-state index contributed by atoms with van der Waals surface area (Å²) in [5.41, 5.74) is 19.2. The largest absolute Gasteiger partial charge is 0.508 e. The summed E-state index contributed by atoms with van der Waals surface area (Å²) in [5, 5.41) is 15.7. The molecule has 0 radical (unpaired) electrons. The molecule has 2 aromatic rings. The first-order valence-corrected chi connectivity index (χ1v) is 13.0. The van der Waals surface area contributed by atoms with Crippen molar-refractivity contribution < 1.29 is 14.7 Å². The van der Waals surface area contributed by atoms with Crippen LogP contribution in [0, 0.1) is 0 Å². The number of aromatic hydroxyl groups is 1. The summed E-state index contributed by atoms with van der Waals surface area (Å²) in [5.74, 6) is -0.501. The first-order chi connectivity index (χ1) is 18.3. The molecule has 0 bridgehead atoms. The number of carbonyl (C=O) groups excluding carboxylic acids is 2. The van der Waals surface area contributed by atoms with E-state index in [9.17, 15) is 14.7 Å². The molecule has 2 atom stereocenters. The standard InChI is InChI=1S/C28H39N7O3.2ClH/c29-24(19-20-9-11-22(36)12-10-20)27(38)34-25(8-3-13-33-28(30)31)26(37)23-7-2-1-5-21(23)6-4-16-35-17-14-32-15-18-35;;/h1-2,4-7,9-12,24-25,32,36H,3,8,13-19,29H2,(H,34,38)(H4,30,31,33);2*1H/b6-4+;;/t24?,25-;;/m1../s1. The maximum atomic E-state index is 13.7. The van der Waals surface area contributed by atoms with Crippen molar-refractivity contribution in [3.63, 3.8) is 0 Å². The fourth-order valence-electron chi connectivity index (χ4n) is 4.31. The molecule has 1 unspecified atom stereocenters. The molecule has 3 rings (SSSR count). The van der Waals surface area contributed by atoms with E-state index in [0.29, 0.717) is 24.9 Å². The molecule has 9 N–H and O–H groups in total. The second kappa shape index (κ2) is 18.2. The number of Topliss-reactive ketones (excluding diaryl/α,β-unsaturated/α-hetero) is 1. The number of carbonyl (C=O) groups is 2. The molecule has 1 heterocycles. The Morgan fingerprint density at radius 2 is 1.75 bits per heavy atom. The Kier molecular flexibility index (Phi) is 15.9. The summed E-state index contributed by atoms with van der Waals surface area (Å²) in [6, 6.07) is 12.2. The van der Waals surface area contributed by atoms with Gasteiger partial charge in [-0.25, -0.2) is 0 Å². The van der Waals surface area contributed by atoms with Gasteiger partial charge in [-0.05, 0) is 42.5 Å². The van der Waals surface area contributed by atoms with Crippen LogP contribution in [0.3, 0.4) is 0 Å². The summed E-state index contributed by atoms with van der Waals surface area (Å²) in [7, 11) is 0. The van der Waals surface area contributed by atoms with Gasteiger partial charge in [-0.2, -0.15) is 0 Å². The van der Waals surface area contributed by atoms with E-state index in [0.717, 1.165) is 43.9 Å². The number of nitrogens with two attached hydrogens (primary N) is 3. The number of nitrogens with one attached hydrogen (secondary N) is 2. The molecule has 1 amide bonds. The van der Waals surface area contributed by atoms with Crippen LogP contribution in [0.5, 0.6) is 5.75 Å².